The predicted octanol–water partition coefficient (Wildman–Crippen LogP) is 5.24. The lowest BCUT2D eigenvalue weighted by Crippen LogP contribution is -2.41. The highest BCUT2D eigenvalue weighted by Crippen LogP contribution is 2.41. The van der Waals surface area contributed by atoms with Crippen LogP contribution in [-0.2, 0) is 4.74 Å². The monoisotopic (exact) mass is 441 g/mol. The minimum atomic E-state index is -0.996. The number of anilines is 1. The number of benzene rings is 3. The Bertz CT molecular complexity index is 1200. The summed E-state index contributed by atoms with van der Waals surface area (Å²) in [5.41, 5.74) is 1.61. The van der Waals surface area contributed by atoms with Gasteiger partial charge in [0.15, 0.2) is 11.5 Å². The van der Waals surface area contributed by atoms with Crippen molar-refractivity contribution in [2.45, 2.75) is 6.23 Å². The minimum Gasteiger partial charge on any atom is -0.454 e. The summed E-state index contributed by atoms with van der Waals surface area (Å²) < 4.78 is 16.5. The molecule has 30 heavy (non-hydrogen) atoms. The molecule has 8 heteroatoms. The number of fused-ring (bicyclic) bond motifs is 2. The zero-order chi connectivity index (χ0) is 20.8. The molecule has 0 spiro atoms. The largest absolute Gasteiger partial charge is 0.454 e. The fraction of sp³-hybridized carbons (Fsp3) is 0.0909. The van der Waals surface area contributed by atoms with E-state index in [4.69, 9.17) is 37.4 Å². The molecule has 0 N–H and O–H groups in total. The topological polar surface area (TPSA) is 65.1 Å². The second kappa shape index (κ2) is 7.23. The number of cyclic esters (lactones) is 1. The zero-order valence-electron chi connectivity index (χ0n) is 15.3. The molecule has 0 radical (unpaired) electrons. The van der Waals surface area contributed by atoms with Crippen LogP contribution in [0, 0.1) is 0 Å². The Morgan fingerprint density at radius 1 is 0.933 bits per heavy atom. The van der Waals surface area contributed by atoms with Gasteiger partial charge in [0.2, 0.25) is 13.0 Å². The molecule has 0 bridgehead atoms. The molecule has 3 aromatic carbocycles. The van der Waals surface area contributed by atoms with E-state index >= 15 is 0 Å². The molecule has 0 unspecified atom stereocenters. The molecule has 2 aliphatic heterocycles. The van der Waals surface area contributed by atoms with Crippen molar-refractivity contribution in [1.82, 2.24) is 0 Å². The minimum absolute atomic E-state index is 0.109. The van der Waals surface area contributed by atoms with E-state index in [0.29, 0.717) is 38.9 Å². The average molecular weight is 442 g/mol. The number of carbonyl (C=O) groups is 2. The molecule has 150 valence electrons. The van der Waals surface area contributed by atoms with E-state index in [9.17, 15) is 9.59 Å². The lowest BCUT2D eigenvalue weighted by atomic mass is 10.0. The molecule has 5 rings (SSSR count). The summed E-state index contributed by atoms with van der Waals surface area (Å²) in [6, 6.07) is 16.5. The average Bonchev–Trinajstić information content (AvgIpc) is 3.23. The molecule has 2 heterocycles. The smallest absolute Gasteiger partial charge is 0.342 e. The van der Waals surface area contributed by atoms with Crippen LogP contribution in [0.3, 0.4) is 0 Å². The molecular formula is C22H13Cl2NO5. The summed E-state index contributed by atoms with van der Waals surface area (Å²) in [6.45, 7) is 0.109. The molecule has 0 saturated carbocycles. The first kappa shape index (κ1) is 18.8. The normalized spacial score (nSPS) is 16.8. The number of amides is 1. The molecule has 0 saturated heterocycles. The van der Waals surface area contributed by atoms with E-state index in [1.54, 1.807) is 54.6 Å². The fourth-order valence-electron chi connectivity index (χ4n) is 3.47. The van der Waals surface area contributed by atoms with Crippen LogP contribution in [0.25, 0.3) is 0 Å². The first-order valence-corrected chi connectivity index (χ1v) is 9.77. The van der Waals surface area contributed by atoms with Crippen molar-refractivity contribution in [3.05, 3.63) is 87.4 Å². The van der Waals surface area contributed by atoms with Gasteiger partial charge in [0, 0.05) is 11.1 Å². The van der Waals surface area contributed by atoms with E-state index in [0.717, 1.165) is 0 Å². The molecule has 2 aliphatic rings. The van der Waals surface area contributed by atoms with E-state index < -0.39 is 18.1 Å². The zero-order valence-corrected chi connectivity index (χ0v) is 16.8. The third kappa shape index (κ3) is 3.05. The van der Waals surface area contributed by atoms with Crippen LogP contribution in [0.5, 0.6) is 11.5 Å². The van der Waals surface area contributed by atoms with Crippen LogP contribution in [0.1, 0.15) is 32.5 Å². The molecule has 6 nitrogen and oxygen atoms in total. The van der Waals surface area contributed by atoms with Crippen LogP contribution < -0.4 is 14.4 Å². The maximum atomic E-state index is 13.5. The van der Waals surface area contributed by atoms with Gasteiger partial charge in [-0.3, -0.25) is 9.69 Å². The Labute approximate surface area is 181 Å². The van der Waals surface area contributed by atoms with Crippen molar-refractivity contribution < 1.29 is 23.8 Å². The Hall–Kier alpha value is -3.22. The Morgan fingerprint density at radius 3 is 2.57 bits per heavy atom. The summed E-state index contributed by atoms with van der Waals surface area (Å²) in [6.07, 6.45) is -0.996. The fourth-order valence-corrected chi connectivity index (χ4v) is 3.77. The van der Waals surface area contributed by atoms with Crippen molar-refractivity contribution in [1.29, 1.82) is 0 Å². The maximum absolute atomic E-state index is 13.5. The second-order valence-corrected chi connectivity index (χ2v) is 7.51. The van der Waals surface area contributed by atoms with Crippen LogP contribution in [0.15, 0.2) is 60.7 Å². The first-order valence-electron chi connectivity index (χ1n) is 9.01. The van der Waals surface area contributed by atoms with Gasteiger partial charge in [0.25, 0.3) is 5.91 Å². The summed E-state index contributed by atoms with van der Waals surface area (Å²) >= 11 is 12.1. The number of hydrogen-bond donors (Lipinski definition) is 0. The van der Waals surface area contributed by atoms with Gasteiger partial charge >= 0.3 is 5.97 Å². The molecule has 1 amide bonds. The molecule has 0 aromatic heterocycles. The van der Waals surface area contributed by atoms with Crippen LogP contribution in [0.2, 0.25) is 10.0 Å². The van der Waals surface area contributed by atoms with Crippen LogP contribution >= 0.6 is 23.2 Å². The SMILES string of the molecule is O=C1O[C@H](c2ccc3c(c2)OCO3)N(C(=O)c2ccc(Cl)c(Cl)c2)c2ccccc21. The molecule has 0 aliphatic carbocycles. The van der Waals surface area contributed by atoms with E-state index in [-0.39, 0.29) is 11.8 Å². The summed E-state index contributed by atoms with van der Waals surface area (Å²) in [5.74, 6) is 0.190. The summed E-state index contributed by atoms with van der Waals surface area (Å²) in [4.78, 5) is 27.6. The number of halogens is 2. The number of nitrogens with zero attached hydrogens (tertiary/aromatic N) is 1. The summed E-state index contributed by atoms with van der Waals surface area (Å²) in [7, 11) is 0. The molecular weight excluding hydrogens is 429 g/mol. The van der Waals surface area contributed by atoms with Crippen molar-refractivity contribution >= 4 is 40.8 Å². The number of carbonyl (C=O) groups excluding carboxylic acids is 2. The molecule has 0 fully saturated rings. The highest BCUT2D eigenvalue weighted by molar-refractivity contribution is 6.42. The molecule has 3 aromatic rings. The van der Waals surface area contributed by atoms with Crippen LogP contribution in [-0.4, -0.2) is 18.7 Å². The van der Waals surface area contributed by atoms with Gasteiger partial charge in [-0.15, -0.1) is 0 Å². The van der Waals surface area contributed by atoms with Crippen molar-refractivity contribution in [2.24, 2.45) is 0 Å². The van der Waals surface area contributed by atoms with Gasteiger partial charge in [-0.1, -0.05) is 35.3 Å². The van der Waals surface area contributed by atoms with E-state index in [2.05, 4.69) is 0 Å². The quantitative estimate of drug-likeness (QED) is 0.508. The lowest BCUT2D eigenvalue weighted by Gasteiger charge is -2.36. The number of rotatable bonds is 2. The van der Waals surface area contributed by atoms with Crippen LogP contribution in [0.4, 0.5) is 5.69 Å². The van der Waals surface area contributed by atoms with E-state index in [1.165, 1.54) is 11.0 Å². The standard InChI is InChI=1S/C22H13Cl2NO5/c23-15-7-5-12(9-16(15)24)20(26)25-17-4-2-1-3-14(17)22(27)30-21(25)13-6-8-18-19(10-13)29-11-28-18/h1-10,21H,11H2/t21-/m1/s1. The molecule has 1 atom stereocenters. The van der Waals surface area contributed by atoms with Gasteiger partial charge in [-0.2, -0.15) is 0 Å². The van der Waals surface area contributed by atoms with Gasteiger partial charge in [0.05, 0.1) is 21.3 Å². The van der Waals surface area contributed by atoms with Gasteiger partial charge in [0.1, 0.15) is 0 Å². The Balaban J connectivity index is 1.64. The lowest BCUT2D eigenvalue weighted by molar-refractivity contribution is 0.0248. The first-order chi connectivity index (χ1) is 14.5. The number of para-hydroxylation sites is 1. The maximum Gasteiger partial charge on any atom is 0.342 e. The van der Waals surface area contributed by atoms with Gasteiger partial charge in [-0.25, -0.2) is 4.79 Å². The highest BCUT2D eigenvalue weighted by atomic mass is 35.5. The third-order valence-electron chi connectivity index (χ3n) is 4.90. The predicted molar refractivity (Wildman–Crippen MR) is 110 cm³/mol. The number of ether oxygens (including phenoxy) is 3. The Morgan fingerprint density at radius 2 is 1.73 bits per heavy atom. The highest BCUT2D eigenvalue weighted by Gasteiger charge is 2.38. The summed E-state index contributed by atoms with van der Waals surface area (Å²) in [5, 5.41) is 0.593. The van der Waals surface area contributed by atoms with Crippen molar-refractivity contribution in [3.8, 4) is 11.5 Å². The third-order valence-corrected chi connectivity index (χ3v) is 5.64. The van der Waals surface area contributed by atoms with Gasteiger partial charge in [-0.05, 0) is 48.5 Å². The van der Waals surface area contributed by atoms with E-state index in [1.807, 2.05) is 0 Å². The van der Waals surface area contributed by atoms with Crippen molar-refractivity contribution in [3.63, 3.8) is 0 Å². The Kier molecular flexibility index (Phi) is 4.53. The second-order valence-electron chi connectivity index (χ2n) is 6.69. The van der Waals surface area contributed by atoms with Crippen molar-refractivity contribution in [2.75, 3.05) is 11.7 Å². The number of hydrogen-bond acceptors (Lipinski definition) is 5. The van der Waals surface area contributed by atoms with Gasteiger partial charge < -0.3 is 14.2 Å². The number of esters is 1.